The van der Waals surface area contributed by atoms with Gasteiger partial charge >= 0.3 is 6.03 Å². The summed E-state index contributed by atoms with van der Waals surface area (Å²) in [5, 5.41) is 5.34. The topological polar surface area (TPSA) is 105 Å². The van der Waals surface area contributed by atoms with E-state index in [1.165, 1.54) is 12.1 Å². The number of ether oxygens (including phenoxy) is 1. The van der Waals surface area contributed by atoms with Crippen molar-refractivity contribution in [1.29, 1.82) is 0 Å². The van der Waals surface area contributed by atoms with Crippen LogP contribution in [0.2, 0.25) is 5.02 Å². The Morgan fingerprint density at radius 1 is 0.973 bits per heavy atom. The Labute approximate surface area is 218 Å². The molecule has 1 heterocycles. The maximum atomic E-state index is 13.1. The molecule has 37 heavy (non-hydrogen) atoms. The Balaban J connectivity index is 1.49. The van der Waals surface area contributed by atoms with Crippen molar-refractivity contribution in [2.24, 2.45) is 0 Å². The minimum Gasteiger partial charge on any atom is -0.484 e. The van der Waals surface area contributed by atoms with Crippen LogP contribution in [0.25, 0.3) is 6.08 Å². The first-order valence-electron chi connectivity index (χ1n) is 11.4. The number of aryl methyl sites for hydroxylation is 3. The van der Waals surface area contributed by atoms with Crippen LogP contribution in [0, 0.1) is 20.8 Å². The molecule has 188 valence electrons. The van der Waals surface area contributed by atoms with Crippen molar-refractivity contribution in [3.63, 3.8) is 0 Å². The van der Waals surface area contributed by atoms with E-state index in [0.29, 0.717) is 22.0 Å². The number of anilines is 2. The monoisotopic (exact) mass is 517 g/mol. The smallest absolute Gasteiger partial charge is 0.335 e. The van der Waals surface area contributed by atoms with Crippen LogP contribution < -0.4 is 20.3 Å². The molecule has 0 aliphatic carbocycles. The average Bonchev–Trinajstić information content (AvgIpc) is 2.85. The standard InChI is InChI=1S/C28H24ClN3O5/c1-16-7-9-20(11-18(16)3)30-25(33)15-37-22-6-4-5-19(12-22)13-23-26(34)31-28(36)32(27(23)35)21-10-8-17(2)24(29)14-21/h4-14H,15H2,1-3H3,(H,30,33)(H,31,34,36)/b23-13+. The van der Waals surface area contributed by atoms with Gasteiger partial charge in [-0.15, -0.1) is 0 Å². The molecule has 0 radical (unpaired) electrons. The Bertz CT molecular complexity index is 1460. The number of urea groups is 1. The maximum absolute atomic E-state index is 13.1. The van der Waals surface area contributed by atoms with Gasteiger partial charge in [0.2, 0.25) is 0 Å². The lowest BCUT2D eigenvalue weighted by molar-refractivity contribution is -0.122. The number of amides is 5. The lowest BCUT2D eigenvalue weighted by Crippen LogP contribution is -2.54. The molecule has 1 aliphatic heterocycles. The summed E-state index contributed by atoms with van der Waals surface area (Å²) in [6.07, 6.45) is 1.36. The van der Waals surface area contributed by atoms with Gasteiger partial charge in [0.1, 0.15) is 11.3 Å². The number of carbonyl (C=O) groups is 4. The normalized spacial score (nSPS) is 14.5. The van der Waals surface area contributed by atoms with E-state index in [9.17, 15) is 19.2 Å². The molecule has 1 fully saturated rings. The van der Waals surface area contributed by atoms with E-state index in [-0.39, 0.29) is 23.8 Å². The van der Waals surface area contributed by atoms with Crippen molar-refractivity contribution >= 4 is 52.8 Å². The first-order valence-corrected chi connectivity index (χ1v) is 11.8. The van der Waals surface area contributed by atoms with Gasteiger partial charge in [-0.05, 0) is 85.5 Å². The van der Waals surface area contributed by atoms with Crippen molar-refractivity contribution in [2.45, 2.75) is 20.8 Å². The predicted molar refractivity (Wildman–Crippen MR) is 142 cm³/mol. The highest BCUT2D eigenvalue weighted by Gasteiger charge is 2.37. The first kappa shape index (κ1) is 25.7. The molecule has 8 nitrogen and oxygen atoms in total. The van der Waals surface area contributed by atoms with Gasteiger partial charge in [-0.1, -0.05) is 35.9 Å². The number of barbiturate groups is 1. The van der Waals surface area contributed by atoms with Crippen LogP contribution >= 0.6 is 11.6 Å². The van der Waals surface area contributed by atoms with Gasteiger partial charge in [-0.3, -0.25) is 19.7 Å². The fraction of sp³-hybridized carbons (Fsp3) is 0.143. The van der Waals surface area contributed by atoms with Crippen LogP contribution in [0.5, 0.6) is 5.75 Å². The fourth-order valence-electron chi connectivity index (χ4n) is 3.64. The number of nitrogens with zero attached hydrogens (tertiary/aromatic N) is 1. The second-order valence-electron chi connectivity index (χ2n) is 8.60. The number of hydrogen-bond donors (Lipinski definition) is 2. The summed E-state index contributed by atoms with van der Waals surface area (Å²) >= 11 is 6.16. The van der Waals surface area contributed by atoms with Crippen LogP contribution in [-0.4, -0.2) is 30.4 Å². The fourth-order valence-corrected chi connectivity index (χ4v) is 3.81. The Hall–Kier alpha value is -4.43. The molecule has 9 heteroatoms. The predicted octanol–water partition coefficient (Wildman–Crippen LogP) is 4.95. The number of rotatable bonds is 6. The molecule has 1 aliphatic rings. The van der Waals surface area contributed by atoms with Gasteiger partial charge in [-0.2, -0.15) is 0 Å². The van der Waals surface area contributed by atoms with E-state index in [0.717, 1.165) is 21.6 Å². The Morgan fingerprint density at radius 3 is 2.46 bits per heavy atom. The zero-order chi connectivity index (χ0) is 26.7. The third kappa shape index (κ3) is 5.87. The van der Waals surface area contributed by atoms with E-state index in [2.05, 4.69) is 10.6 Å². The van der Waals surface area contributed by atoms with Crippen molar-refractivity contribution < 1.29 is 23.9 Å². The van der Waals surface area contributed by atoms with Crippen LogP contribution in [0.4, 0.5) is 16.2 Å². The second-order valence-corrected chi connectivity index (χ2v) is 9.01. The number of hydrogen-bond acceptors (Lipinski definition) is 5. The molecule has 1 saturated heterocycles. The quantitative estimate of drug-likeness (QED) is 0.355. The summed E-state index contributed by atoms with van der Waals surface area (Å²) in [7, 11) is 0. The summed E-state index contributed by atoms with van der Waals surface area (Å²) < 4.78 is 5.60. The molecular weight excluding hydrogens is 494 g/mol. The van der Waals surface area contributed by atoms with Gasteiger partial charge in [0.05, 0.1) is 5.69 Å². The number of carbonyl (C=O) groups excluding carboxylic acids is 4. The number of halogens is 1. The van der Waals surface area contributed by atoms with Gasteiger partial charge in [0.15, 0.2) is 6.61 Å². The lowest BCUT2D eigenvalue weighted by atomic mass is 10.1. The third-order valence-electron chi connectivity index (χ3n) is 5.84. The van der Waals surface area contributed by atoms with Crippen LogP contribution in [0.15, 0.2) is 66.2 Å². The molecule has 0 bridgehead atoms. The van der Waals surface area contributed by atoms with Crippen molar-refractivity contribution in [1.82, 2.24) is 5.32 Å². The molecule has 3 aromatic rings. The summed E-state index contributed by atoms with van der Waals surface area (Å²) in [6, 6.07) is 16.1. The molecule has 0 atom stereocenters. The largest absolute Gasteiger partial charge is 0.484 e. The molecule has 0 saturated carbocycles. The van der Waals surface area contributed by atoms with E-state index < -0.39 is 17.8 Å². The van der Waals surface area contributed by atoms with E-state index in [1.54, 1.807) is 43.3 Å². The van der Waals surface area contributed by atoms with Crippen molar-refractivity contribution in [2.75, 3.05) is 16.8 Å². The highest BCUT2D eigenvalue weighted by atomic mass is 35.5. The van der Waals surface area contributed by atoms with Crippen LogP contribution in [0.1, 0.15) is 22.3 Å². The van der Waals surface area contributed by atoms with E-state index >= 15 is 0 Å². The van der Waals surface area contributed by atoms with Crippen molar-refractivity contribution in [3.05, 3.63) is 93.5 Å². The minimum atomic E-state index is -0.862. The number of imide groups is 2. The molecule has 0 aromatic heterocycles. The summed E-state index contributed by atoms with van der Waals surface area (Å²) in [6.45, 7) is 5.51. The van der Waals surface area contributed by atoms with Gasteiger partial charge in [0, 0.05) is 10.7 Å². The Kier molecular flexibility index (Phi) is 7.40. The van der Waals surface area contributed by atoms with Crippen molar-refractivity contribution in [3.8, 4) is 5.75 Å². The molecule has 0 unspecified atom stereocenters. The Morgan fingerprint density at radius 2 is 1.73 bits per heavy atom. The molecular formula is C28H24ClN3O5. The van der Waals surface area contributed by atoms with Gasteiger partial charge < -0.3 is 10.1 Å². The van der Waals surface area contributed by atoms with Gasteiger partial charge in [0.25, 0.3) is 17.7 Å². The van der Waals surface area contributed by atoms with Gasteiger partial charge in [-0.25, -0.2) is 9.69 Å². The third-order valence-corrected chi connectivity index (χ3v) is 6.25. The minimum absolute atomic E-state index is 0.233. The number of benzene rings is 3. The summed E-state index contributed by atoms with van der Waals surface area (Å²) in [4.78, 5) is 51.2. The summed E-state index contributed by atoms with van der Waals surface area (Å²) in [5.74, 6) is -1.57. The zero-order valence-corrected chi connectivity index (χ0v) is 21.2. The average molecular weight is 518 g/mol. The SMILES string of the molecule is Cc1ccc(NC(=O)COc2cccc(/C=C3\C(=O)NC(=O)N(c4ccc(C)c(Cl)c4)C3=O)c2)cc1C. The lowest BCUT2D eigenvalue weighted by Gasteiger charge is -2.26. The van der Waals surface area contributed by atoms with E-state index in [4.69, 9.17) is 16.3 Å². The highest BCUT2D eigenvalue weighted by Crippen LogP contribution is 2.27. The first-order chi connectivity index (χ1) is 17.6. The number of nitrogens with one attached hydrogen (secondary N) is 2. The second kappa shape index (κ2) is 10.7. The zero-order valence-electron chi connectivity index (χ0n) is 20.4. The molecule has 2 N–H and O–H groups in total. The molecule has 0 spiro atoms. The summed E-state index contributed by atoms with van der Waals surface area (Å²) in [5.41, 5.74) is 4.12. The molecule has 5 amide bonds. The highest BCUT2D eigenvalue weighted by molar-refractivity contribution is 6.39. The maximum Gasteiger partial charge on any atom is 0.335 e. The molecule has 3 aromatic carbocycles. The van der Waals surface area contributed by atoms with Crippen LogP contribution in [0.3, 0.4) is 0 Å². The molecule has 4 rings (SSSR count). The van der Waals surface area contributed by atoms with Crippen LogP contribution in [-0.2, 0) is 14.4 Å². The van der Waals surface area contributed by atoms with E-state index in [1.807, 2.05) is 32.0 Å².